The Balaban J connectivity index is 1.94. The first-order chi connectivity index (χ1) is 9.81. The van der Waals surface area contributed by atoms with E-state index in [4.69, 9.17) is 4.98 Å². The third kappa shape index (κ3) is 1.67. The molecule has 0 unspecified atom stereocenters. The molecule has 4 rings (SSSR count). The van der Waals surface area contributed by atoms with E-state index in [1.165, 1.54) is 5.56 Å². The maximum atomic E-state index is 4.71. The quantitative estimate of drug-likeness (QED) is 0.559. The lowest BCUT2D eigenvalue weighted by Gasteiger charge is -1.99. The molecular weight excluding hydrogens is 246 g/mol. The Bertz CT molecular complexity index is 922. The van der Waals surface area contributed by atoms with Gasteiger partial charge in [-0.2, -0.15) is 0 Å². The second-order valence-electron chi connectivity index (χ2n) is 4.97. The van der Waals surface area contributed by atoms with Crippen LogP contribution in [0.15, 0.2) is 54.7 Å². The fraction of sp³-hybridized carbons (Fsp3) is 0.0588. The van der Waals surface area contributed by atoms with Gasteiger partial charge in [-0.1, -0.05) is 18.2 Å². The molecule has 0 amide bonds. The largest absolute Gasteiger partial charge is 0.338 e. The van der Waals surface area contributed by atoms with Crippen LogP contribution in [0.25, 0.3) is 33.3 Å². The number of H-pyrrole nitrogens is 1. The SMILES string of the molecule is Cc1cccc2[nH]c(-c3ccc4ncccc4c3)nc12. The van der Waals surface area contributed by atoms with Crippen LogP contribution in [0.2, 0.25) is 0 Å². The van der Waals surface area contributed by atoms with Crippen LogP contribution in [0.3, 0.4) is 0 Å². The van der Waals surface area contributed by atoms with Crippen molar-refractivity contribution in [3.05, 3.63) is 60.3 Å². The van der Waals surface area contributed by atoms with Gasteiger partial charge in [0, 0.05) is 17.1 Å². The maximum absolute atomic E-state index is 4.71. The Kier molecular flexibility index (Phi) is 2.33. The normalized spacial score (nSPS) is 11.2. The van der Waals surface area contributed by atoms with Crippen LogP contribution in [-0.4, -0.2) is 15.0 Å². The summed E-state index contributed by atoms with van der Waals surface area (Å²) in [4.78, 5) is 12.4. The lowest BCUT2D eigenvalue weighted by atomic mass is 10.1. The molecule has 2 heterocycles. The van der Waals surface area contributed by atoms with Crippen molar-refractivity contribution >= 4 is 21.9 Å². The van der Waals surface area contributed by atoms with E-state index in [2.05, 4.69) is 47.2 Å². The highest BCUT2D eigenvalue weighted by Gasteiger charge is 2.07. The van der Waals surface area contributed by atoms with Gasteiger partial charge in [-0.3, -0.25) is 4.98 Å². The van der Waals surface area contributed by atoms with Crippen molar-refractivity contribution < 1.29 is 0 Å². The molecule has 0 fully saturated rings. The van der Waals surface area contributed by atoms with Crippen molar-refractivity contribution in [2.45, 2.75) is 6.92 Å². The number of nitrogens with one attached hydrogen (secondary N) is 1. The van der Waals surface area contributed by atoms with Crippen molar-refractivity contribution in [3.8, 4) is 11.4 Å². The number of hydrogen-bond acceptors (Lipinski definition) is 2. The molecule has 0 spiro atoms. The zero-order valence-electron chi connectivity index (χ0n) is 11.1. The van der Waals surface area contributed by atoms with Crippen LogP contribution in [-0.2, 0) is 0 Å². The fourth-order valence-corrected chi connectivity index (χ4v) is 2.54. The van der Waals surface area contributed by atoms with Gasteiger partial charge in [0.1, 0.15) is 5.82 Å². The Morgan fingerprint density at radius 1 is 1.00 bits per heavy atom. The standard InChI is InChI=1S/C17H13N3/c1-11-4-2-6-15-16(11)20-17(19-15)13-7-8-14-12(10-13)5-3-9-18-14/h2-10H,1H3,(H,19,20). The number of para-hydroxylation sites is 1. The van der Waals surface area contributed by atoms with E-state index in [-0.39, 0.29) is 0 Å². The van der Waals surface area contributed by atoms with Gasteiger partial charge in [-0.05, 0) is 42.8 Å². The first kappa shape index (κ1) is 11.2. The molecule has 1 N–H and O–H groups in total. The zero-order valence-corrected chi connectivity index (χ0v) is 11.1. The number of imidazole rings is 1. The molecule has 0 saturated carbocycles. The Morgan fingerprint density at radius 3 is 2.85 bits per heavy atom. The number of nitrogens with zero attached hydrogens (tertiary/aromatic N) is 2. The molecule has 96 valence electrons. The lowest BCUT2D eigenvalue weighted by molar-refractivity contribution is 1.33. The van der Waals surface area contributed by atoms with Crippen molar-refractivity contribution in [1.82, 2.24) is 15.0 Å². The second kappa shape index (κ2) is 4.17. The number of pyridine rings is 1. The van der Waals surface area contributed by atoms with Crippen molar-refractivity contribution in [2.24, 2.45) is 0 Å². The number of aromatic amines is 1. The summed E-state index contributed by atoms with van der Waals surface area (Å²) < 4.78 is 0. The molecule has 20 heavy (non-hydrogen) atoms. The molecule has 0 aliphatic rings. The molecular formula is C17H13N3. The molecule has 0 saturated heterocycles. The van der Waals surface area contributed by atoms with Crippen LogP contribution >= 0.6 is 0 Å². The molecule has 0 atom stereocenters. The average Bonchev–Trinajstić information content (AvgIpc) is 2.92. The highest BCUT2D eigenvalue weighted by Crippen LogP contribution is 2.24. The summed E-state index contributed by atoms with van der Waals surface area (Å²) in [6.07, 6.45) is 1.81. The first-order valence-electron chi connectivity index (χ1n) is 6.62. The van der Waals surface area contributed by atoms with Crippen LogP contribution in [0, 0.1) is 6.92 Å². The molecule has 0 aliphatic carbocycles. The Labute approximate surface area is 116 Å². The van der Waals surface area contributed by atoms with E-state index in [0.717, 1.165) is 33.3 Å². The lowest BCUT2D eigenvalue weighted by Crippen LogP contribution is -1.82. The van der Waals surface area contributed by atoms with Crippen LogP contribution in [0.5, 0.6) is 0 Å². The van der Waals surface area contributed by atoms with Crippen molar-refractivity contribution in [1.29, 1.82) is 0 Å². The van der Waals surface area contributed by atoms with Gasteiger partial charge < -0.3 is 4.98 Å². The fourth-order valence-electron chi connectivity index (χ4n) is 2.54. The number of rotatable bonds is 1. The van der Waals surface area contributed by atoms with Gasteiger partial charge in [0.15, 0.2) is 0 Å². The van der Waals surface area contributed by atoms with E-state index in [0.29, 0.717) is 0 Å². The van der Waals surface area contributed by atoms with Crippen molar-refractivity contribution in [3.63, 3.8) is 0 Å². The number of hydrogen-bond donors (Lipinski definition) is 1. The molecule has 3 heteroatoms. The Hall–Kier alpha value is -2.68. The second-order valence-corrected chi connectivity index (χ2v) is 4.97. The van der Waals surface area contributed by atoms with E-state index in [1.54, 1.807) is 0 Å². The summed E-state index contributed by atoms with van der Waals surface area (Å²) in [5.41, 5.74) is 5.39. The van der Waals surface area contributed by atoms with Crippen LogP contribution < -0.4 is 0 Å². The van der Waals surface area contributed by atoms with Gasteiger partial charge in [0.25, 0.3) is 0 Å². The predicted molar refractivity (Wildman–Crippen MR) is 81.6 cm³/mol. The highest BCUT2D eigenvalue weighted by atomic mass is 14.9. The summed E-state index contributed by atoms with van der Waals surface area (Å²) in [5.74, 6) is 0.903. The first-order valence-corrected chi connectivity index (χ1v) is 6.62. The van der Waals surface area contributed by atoms with Crippen LogP contribution in [0.1, 0.15) is 5.56 Å². The topological polar surface area (TPSA) is 41.6 Å². The Morgan fingerprint density at radius 2 is 1.95 bits per heavy atom. The van der Waals surface area contributed by atoms with Gasteiger partial charge in [0.2, 0.25) is 0 Å². The number of fused-ring (bicyclic) bond motifs is 2. The molecule has 4 aromatic rings. The number of aromatic nitrogens is 3. The molecule has 2 aromatic heterocycles. The minimum atomic E-state index is 0.903. The maximum Gasteiger partial charge on any atom is 0.138 e. The van der Waals surface area contributed by atoms with E-state index in [9.17, 15) is 0 Å². The highest BCUT2D eigenvalue weighted by molar-refractivity contribution is 5.86. The van der Waals surface area contributed by atoms with E-state index in [1.807, 2.05) is 24.4 Å². The van der Waals surface area contributed by atoms with Gasteiger partial charge in [0.05, 0.1) is 16.6 Å². The molecule has 2 aromatic carbocycles. The van der Waals surface area contributed by atoms with Crippen molar-refractivity contribution in [2.75, 3.05) is 0 Å². The summed E-state index contributed by atoms with van der Waals surface area (Å²) >= 11 is 0. The number of aryl methyl sites for hydroxylation is 1. The van der Waals surface area contributed by atoms with Gasteiger partial charge >= 0.3 is 0 Å². The molecule has 3 nitrogen and oxygen atoms in total. The van der Waals surface area contributed by atoms with Gasteiger partial charge in [-0.25, -0.2) is 4.98 Å². The predicted octanol–water partition coefficient (Wildman–Crippen LogP) is 4.09. The number of benzene rings is 2. The molecule has 0 bridgehead atoms. The molecule has 0 radical (unpaired) electrons. The molecule has 0 aliphatic heterocycles. The average molecular weight is 259 g/mol. The minimum absolute atomic E-state index is 0.903. The van der Waals surface area contributed by atoms with Gasteiger partial charge in [-0.15, -0.1) is 0 Å². The summed E-state index contributed by atoms with van der Waals surface area (Å²) in [6, 6.07) is 16.4. The third-order valence-electron chi connectivity index (χ3n) is 3.59. The van der Waals surface area contributed by atoms with Crippen LogP contribution in [0.4, 0.5) is 0 Å². The van der Waals surface area contributed by atoms with E-state index >= 15 is 0 Å². The zero-order chi connectivity index (χ0) is 13.5. The summed E-state index contributed by atoms with van der Waals surface area (Å²) in [6.45, 7) is 2.08. The summed E-state index contributed by atoms with van der Waals surface area (Å²) in [5, 5.41) is 1.13. The smallest absolute Gasteiger partial charge is 0.138 e. The minimum Gasteiger partial charge on any atom is -0.338 e. The monoisotopic (exact) mass is 259 g/mol. The third-order valence-corrected chi connectivity index (χ3v) is 3.59. The van der Waals surface area contributed by atoms with E-state index < -0.39 is 0 Å². The summed E-state index contributed by atoms with van der Waals surface area (Å²) in [7, 11) is 0.